The highest BCUT2D eigenvalue weighted by atomic mass is 15.1. The first kappa shape index (κ1) is 13.3. The van der Waals surface area contributed by atoms with Crippen LogP contribution in [-0.2, 0) is 6.54 Å². The molecule has 4 rings (SSSR count). The molecule has 3 aromatic heterocycles. The molecule has 0 unspecified atom stereocenters. The molecule has 7 nitrogen and oxygen atoms in total. The summed E-state index contributed by atoms with van der Waals surface area (Å²) in [5.41, 5.74) is 14.5. The van der Waals surface area contributed by atoms with E-state index in [-0.39, 0.29) is 0 Å². The minimum absolute atomic E-state index is 0.459. The second kappa shape index (κ2) is 5.13. The van der Waals surface area contributed by atoms with Crippen molar-refractivity contribution in [1.82, 2.24) is 19.9 Å². The number of pyridine rings is 1. The number of nitrogens with zero attached hydrogens (tertiary/aromatic N) is 3. The van der Waals surface area contributed by atoms with Crippen molar-refractivity contribution in [3.05, 3.63) is 48.3 Å². The second-order valence-electron chi connectivity index (χ2n) is 5.24. The fraction of sp³-hybridized carbons (Fsp3) is 0.0625. The van der Waals surface area contributed by atoms with Gasteiger partial charge in [0.1, 0.15) is 11.6 Å². The number of nitrogen functional groups attached to an aromatic ring is 2. The summed E-state index contributed by atoms with van der Waals surface area (Å²) < 4.78 is 0. The van der Waals surface area contributed by atoms with Gasteiger partial charge in [-0.05, 0) is 30.3 Å². The highest BCUT2D eigenvalue weighted by molar-refractivity contribution is 6.10. The van der Waals surface area contributed by atoms with Gasteiger partial charge >= 0.3 is 0 Å². The van der Waals surface area contributed by atoms with Crippen LogP contribution in [0, 0.1) is 0 Å². The summed E-state index contributed by atoms with van der Waals surface area (Å²) in [6.07, 6.45) is 1.77. The van der Waals surface area contributed by atoms with Gasteiger partial charge in [0.05, 0.1) is 23.3 Å². The summed E-state index contributed by atoms with van der Waals surface area (Å²) in [6.45, 7) is 0.500. The van der Waals surface area contributed by atoms with Crippen molar-refractivity contribution in [1.29, 1.82) is 0 Å². The van der Waals surface area contributed by atoms with Gasteiger partial charge in [-0.15, -0.1) is 0 Å². The van der Waals surface area contributed by atoms with Gasteiger partial charge in [-0.1, -0.05) is 6.07 Å². The minimum atomic E-state index is 0.459. The van der Waals surface area contributed by atoms with E-state index in [1.54, 1.807) is 12.3 Å². The van der Waals surface area contributed by atoms with Crippen LogP contribution in [0.4, 0.5) is 17.6 Å². The van der Waals surface area contributed by atoms with Gasteiger partial charge in [-0.2, -0.15) is 4.98 Å². The lowest BCUT2D eigenvalue weighted by Gasteiger charge is -2.10. The molecule has 1 aromatic carbocycles. The fourth-order valence-corrected chi connectivity index (χ4v) is 2.65. The maximum absolute atomic E-state index is 6.14. The molecule has 0 aliphatic carbocycles. The Morgan fingerprint density at radius 1 is 1.04 bits per heavy atom. The molecule has 0 spiro atoms. The van der Waals surface area contributed by atoms with Crippen LogP contribution in [0.1, 0.15) is 5.69 Å². The van der Waals surface area contributed by atoms with Crippen LogP contribution in [0.15, 0.2) is 42.6 Å². The third kappa shape index (κ3) is 2.38. The van der Waals surface area contributed by atoms with E-state index in [9.17, 15) is 0 Å². The second-order valence-corrected chi connectivity index (χ2v) is 5.24. The lowest BCUT2D eigenvalue weighted by atomic mass is 10.1. The van der Waals surface area contributed by atoms with E-state index in [1.807, 2.05) is 30.3 Å². The number of H-pyrrole nitrogens is 1. The summed E-state index contributed by atoms with van der Waals surface area (Å²) in [5, 5.41) is 5.06. The molecular weight excluding hydrogens is 290 g/mol. The van der Waals surface area contributed by atoms with Crippen LogP contribution in [0.3, 0.4) is 0 Å². The third-order valence-corrected chi connectivity index (χ3v) is 3.68. The largest absolute Gasteiger partial charge is 0.384 e. The van der Waals surface area contributed by atoms with E-state index in [2.05, 4.69) is 25.3 Å². The topological polar surface area (TPSA) is 119 Å². The summed E-state index contributed by atoms with van der Waals surface area (Å²) in [4.78, 5) is 16.2. The number of hydrogen-bond donors (Lipinski definition) is 4. The number of fused-ring (bicyclic) bond motifs is 3. The smallest absolute Gasteiger partial charge is 0.202 e. The molecule has 4 aromatic rings. The lowest BCUT2D eigenvalue weighted by molar-refractivity contribution is 1.02. The molecule has 0 atom stereocenters. The number of hydrogen-bond acceptors (Lipinski definition) is 6. The molecule has 0 radical (unpaired) electrons. The van der Waals surface area contributed by atoms with Gasteiger partial charge < -0.3 is 21.8 Å². The van der Waals surface area contributed by atoms with E-state index in [4.69, 9.17) is 11.5 Å². The number of anilines is 3. The fourth-order valence-electron chi connectivity index (χ4n) is 2.65. The van der Waals surface area contributed by atoms with Crippen molar-refractivity contribution >= 4 is 39.4 Å². The molecule has 0 saturated heterocycles. The Bertz CT molecular complexity index is 1010. The lowest BCUT2D eigenvalue weighted by Crippen LogP contribution is -2.07. The maximum atomic E-state index is 6.14. The van der Waals surface area contributed by atoms with E-state index in [1.165, 1.54) is 0 Å². The molecule has 114 valence electrons. The summed E-state index contributed by atoms with van der Waals surface area (Å²) in [7, 11) is 0. The van der Waals surface area contributed by atoms with Crippen LogP contribution in [-0.4, -0.2) is 19.9 Å². The zero-order valence-electron chi connectivity index (χ0n) is 12.2. The maximum Gasteiger partial charge on any atom is 0.202 e. The van der Waals surface area contributed by atoms with Crippen LogP contribution in [0.25, 0.3) is 21.8 Å². The molecule has 0 bridgehead atoms. The van der Waals surface area contributed by atoms with Gasteiger partial charge in [-0.3, -0.25) is 4.98 Å². The first-order valence-corrected chi connectivity index (χ1v) is 7.19. The zero-order valence-corrected chi connectivity index (χ0v) is 12.2. The number of aromatic amines is 1. The molecule has 0 amide bonds. The van der Waals surface area contributed by atoms with Crippen LogP contribution in [0.2, 0.25) is 0 Å². The van der Waals surface area contributed by atoms with Gasteiger partial charge in [0, 0.05) is 17.0 Å². The number of rotatable bonds is 3. The standard InChI is InChI=1S/C16H15N7/c17-13-3-1-2-9(21-13)8-20-16-22-12-5-4-11-10(6-7-19-11)14(12)15(18)23-16/h1-7H,8,18H2,(H2,17,21)(H2,20,22,23). The Balaban J connectivity index is 1.69. The summed E-state index contributed by atoms with van der Waals surface area (Å²) in [6, 6.07) is 11.4. The average molecular weight is 305 g/mol. The van der Waals surface area contributed by atoms with Crippen molar-refractivity contribution < 1.29 is 0 Å². The normalized spacial score (nSPS) is 11.1. The molecule has 0 aliphatic heterocycles. The Labute approximate surface area is 131 Å². The van der Waals surface area contributed by atoms with Crippen LogP contribution >= 0.6 is 0 Å². The van der Waals surface area contributed by atoms with E-state index < -0.39 is 0 Å². The van der Waals surface area contributed by atoms with Gasteiger partial charge in [0.2, 0.25) is 5.95 Å². The van der Waals surface area contributed by atoms with Crippen molar-refractivity contribution in [2.24, 2.45) is 0 Å². The minimum Gasteiger partial charge on any atom is -0.384 e. The highest BCUT2D eigenvalue weighted by Crippen LogP contribution is 2.28. The Morgan fingerprint density at radius 2 is 1.96 bits per heavy atom. The Morgan fingerprint density at radius 3 is 2.83 bits per heavy atom. The van der Waals surface area contributed by atoms with Crippen molar-refractivity contribution in [2.45, 2.75) is 6.54 Å². The number of nitrogens with one attached hydrogen (secondary N) is 2. The molecule has 0 saturated carbocycles. The SMILES string of the molecule is Nc1cccc(CNc2nc(N)c3c(ccc4nccc43)[nH]2)n1. The molecule has 0 aliphatic rings. The average Bonchev–Trinajstić information content (AvgIpc) is 3.01. The molecule has 23 heavy (non-hydrogen) atoms. The van der Waals surface area contributed by atoms with E-state index >= 15 is 0 Å². The first-order chi connectivity index (χ1) is 11.2. The monoisotopic (exact) mass is 305 g/mol. The summed E-state index contributed by atoms with van der Waals surface area (Å²) in [5.74, 6) is 1.53. The first-order valence-electron chi connectivity index (χ1n) is 7.19. The molecule has 0 fully saturated rings. The van der Waals surface area contributed by atoms with Gasteiger partial charge in [0.15, 0.2) is 0 Å². The molecule has 6 N–H and O–H groups in total. The number of aromatic nitrogens is 4. The third-order valence-electron chi connectivity index (χ3n) is 3.68. The van der Waals surface area contributed by atoms with Crippen LogP contribution < -0.4 is 16.8 Å². The van der Waals surface area contributed by atoms with E-state index in [0.29, 0.717) is 24.1 Å². The molecule has 3 heterocycles. The van der Waals surface area contributed by atoms with Crippen LogP contribution in [0.5, 0.6) is 0 Å². The molecule has 7 heteroatoms. The quantitative estimate of drug-likeness (QED) is 0.461. The van der Waals surface area contributed by atoms with Crippen molar-refractivity contribution in [2.75, 3.05) is 16.8 Å². The summed E-state index contributed by atoms with van der Waals surface area (Å²) >= 11 is 0. The van der Waals surface area contributed by atoms with Crippen molar-refractivity contribution in [3.63, 3.8) is 0 Å². The van der Waals surface area contributed by atoms with Crippen molar-refractivity contribution in [3.8, 4) is 0 Å². The van der Waals surface area contributed by atoms with Gasteiger partial charge in [-0.25, -0.2) is 4.98 Å². The zero-order chi connectivity index (χ0) is 15.8. The predicted octanol–water partition coefficient (Wildman–Crippen LogP) is 2.28. The Hall–Kier alpha value is -3.35. The predicted molar refractivity (Wildman–Crippen MR) is 91.8 cm³/mol. The Kier molecular flexibility index (Phi) is 2.97. The number of nitrogens with two attached hydrogens (primary N) is 2. The van der Waals surface area contributed by atoms with Gasteiger partial charge in [0.25, 0.3) is 0 Å². The molecular formula is C16H15N7. The van der Waals surface area contributed by atoms with E-state index in [0.717, 1.165) is 27.5 Å². The highest BCUT2D eigenvalue weighted by Gasteiger charge is 2.09. The number of benzene rings is 1.